The summed E-state index contributed by atoms with van der Waals surface area (Å²) in [5, 5.41) is 9.24. The Morgan fingerprint density at radius 1 is 1.03 bits per heavy atom. The molecule has 1 amide bonds. The van der Waals surface area contributed by atoms with Crippen LogP contribution in [0.25, 0.3) is 0 Å². The number of ether oxygens (including phenoxy) is 1. The molecule has 8 heteroatoms. The van der Waals surface area contributed by atoms with Gasteiger partial charge in [-0.15, -0.1) is 24.0 Å². The van der Waals surface area contributed by atoms with Crippen LogP contribution in [0.3, 0.4) is 0 Å². The number of carbonyl (C=O) groups is 1. The van der Waals surface area contributed by atoms with Gasteiger partial charge in [-0.25, -0.2) is 4.39 Å². The van der Waals surface area contributed by atoms with Crippen LogP contribution in [0.5, 0.6) is 5.75 Å². The molecule has 2 aromatic carbocycles. The minimum atomic E-state index is -0.306. The number of rotatable bonds is 10. The molecule has 6 nitrogen and oxygen atoms in total. The van der Waals surface area contributed by atoms with Crippen LogP contribution in [0.4, 0.5) is 4.39 Å². The SMILES string of the molecule is CCNC(=NCCc1ccccc1OC)NCCNC(=O)Cc1ccc(F)cc1.I. The second-order valence-corrected chi connectivity index (χ2v) is 6.40. The number of methoxy groups -OCH3 is 1. The van der Waals surface area contributed by atoms with Gasteiger partial charge in [-0.2, -0.15) is 0 Å². The minimum Gasteiger partial charge on any atom is -0.496 e. The molecule has 0 fully saturated rings. The van der Waals surface area contributed by atoms with E-state index in [9.17, 15) is 9.18 Å². The van der Waals surface area contributed by atoms with Gasteiger partial charge in [0, 0.05) is 26.2 Å². The normalized spacial score (nSPS) is 10.7. The van der Waals surface area contributed by atoms with Gasteiger partial charge in [-0.1, -0.05) is 30.3 Å². The lowest BCUT2D eigenvalue weighted by atomic mass is 10.1. The molecule has 3 N–H and O–H groups in total. The second-order valence-electron chi connectivity index (χ2n) is 6.40. The second kappa shape index (κ2) is 14.6. The molecule has 2 rings (SSSR count). The molecule has 0 radical (unpaired) electrons. The Bertz CT molecular complexity index is 800. The quantitative estimate of drug-likeness (QED) is 0.192. The van der Waals surface area contributed by atoms with Crippen LogP contribution in [0, 0.1) is 5.82 Å². The van der Waals surface area contributed by atoms with Gasteiger partial charge in [-0.3, -0.25) is 9.79 Å². The Labute approximate surface area is 194 Å². The van der Waals surface area contributed by atoms with Gasteiger partial charge in [0.05, 0.1) is 13.5 Å². The highest BCUT2D eigenvalue weighted by atomic mass is 127. The molecule has 0 aliphatic heterocycles. The van der Waals surface area contributed by atoms with E-state index < -0.39 is 0 Å². The summed E-state index contributed by atoms with van der Waals surface area (Å²) in [5.41, 5.74) is 1.89. The summed E-state index contributed by atoms with van der Waals surface area (Å²) in [4.78, 5) is 16.5. The molecule has 164 valence electrons. The van der Waals surface area contributed by atoms with Gasteiger partial charge in [0.15, 0.2) is 5.96 Å². The lowest BCUT2D eigenvalue weighted by molar-refractivity contribution is -0.120. The first-order valence-electron chi connectivity index (χ1n) is 9.77. The summed E-state index contributed by atoms with van der Waals surface area (Å²) in [6.07, 6.45) is 1.00. The number of amides is 1. The van der Waals surface area contributed by atoms with Crippen molar-refractivity contribution in [3.8, 4) is 5.75 Å². The van der Waals surface area contributed by atoms with Crippen LogP contribution >= 0.6 is 24.0 Å². The highest BCUT2D eigenvalue weighted by Crippen LogP contribution is 2.17. The van der Waals surface area contributed by atoms with Gasteiger partial charge in [0.2, 0.25) is 5.91 Å². The number of nitrogens with one attached hydrogen (secondary N) is 3. The number of aliphatic imine (C=N–C) groups is 1. The molecule has 0 saturated heterocycles. The number of hydrogen-bond acceptors (Lipinski definition) is 3. The predicted octanol–water partition coefficient (Wildman–Crippen LogP) is 2.91. The van der Waals surface area contributed by atoms with Crippen LogP contribution in [-0.4, -0.2) is 45.2 Å². The molecule has 0 saturated carbocycles. The maximum atomic E-state index is 12.9. The third-order valence-electron chi connectivity index (χ3n) is 4.21. The third kappa shape index (κ3) is 9.43. The number of benzene rings is 2. The molecule has 0 bridgehead atoms. The van der Waals surface area contributed by atoms with Crippen molar-refractivity contribution in [2.45, 2.75) is 19.8 Å². The average molecular weight is 528 g/mol. The van der Waals surface area contributed by atoms with E-state index in [0.29, 0.717) is 25.6 Å². The predicted molar refractivity (Wildman–Crippen MR) is 129 cm³/mol. The first-order valence-corrected chi connectivity index (χ1v) is 9.77. The molecule has 0 atom stereocenters. The topological polar surface area (TPSA) is 74.8 Å². The van der Waals surface area contributed by atoms with Crippen molar-refractivity contribution >= 4 is 35.8 Å². The molecule has 2 aromatic rings. The van der Waals surface area contributed by atoms with Gasteiger partial charge in [0.25, 0.3) is 0 Å². The van der Waals surface area contributed by atoms with Crippen molar-refractivity contribution in [1.29, 1.82) is 0 Å². The van der Waals surface area contributed by atoms with Crippen molar-refractivity contribution in [1.82, 2.24) is 16.0 Å². The van der Waals surface area contributed by atoms with Crippen molar-refractivity contribution in [3.63, 3.8) is 0 Å². The van der Waals surface area contributed by atoms with Crippen LogP contribution in [0.2, 0.25) is 0 Å². The maximum absolute atomic E-state index is 12.9. The fourth-order valence-electron chi connectivity index (χ4n) is 2.77. The van der Waals surface area contributed by atoms with Gasteiger partial charge < -0.3 is 20.7 Å². The van der Waals surface area contributed by atoms with E-state index in [4.69, 9.17) is 4.74 Å². The zero-order chi connectivity index (χ0) is 20.9. The molecule has 0 heterocycles. The number of hydrogen-bond donors (Lipinski definition) is 3. The first kappa shape index (κ1) is 25.7. The van der Waals surface area contributed by atoms with E-state index in [1.54, 1.807) is 19.2 Å². The summed E-state index contributed by atoms with van der Waals surface area (Å²) in [7, 11) is 1.66. The molecule has 0 spiro atoms. The smallest absolute Gasteiger partial charge is 0.224 e. The van der Waals surface area contributed by atoms with Crippen LogP contribution in [-0.2, 0) is 17.6 Å². The van der Waals surface area contributed by atoms with E-state index in [-0.39, 0.29) is 42.1 Å². The van der Waals surface area contributed by atoms with E-state index in [1.807, 2.05) is 31.2 Å². The van der Waals surface area contributed by atoms with Crippen LogP contribution in [0.1, 0.15) is 18.1 Å². The third-order valence-corrected chi connectivity index (χ3v) is 4.21. The Morgan fingerprint density at radius 2 is 1.73 bits per heavy atom. The molecule has 0 aliphatic rings. The van der Waals surface area contributed by atoms with Crippen LogP contribution in [0.15, 0.2) is 53.5 Å². The molecule has 0 aliphatic carbocycles. The Balaban J connectivity index is 0.00000450. The number of guanidine groups is 1. The molecular weight excluding hydrogens is 498 g/mol. The maximum Gasteiger partial charge on any atom is 0.224 e. The largest absolute Gasteiger partial charge is 0.496 e. The fraction of sp³-hybridized carbons (Fsp3) is 0.364. The van der Waals surface area contributed by atoms with E-state index >= 15 is 0 Å². The first-order chi connectivity index (χ1) is 14.1. The summed E-state index contributed by atoms with van der Waals surface area (Å²) >= 11 is 0. The highest BCUT2D eigenvalue weighted by Gasteiger charge is 2.04. The lowest BCUT2D eigenvalue weighted by Gasteiger charge is -2.12. The van der Waals surface area contributed by atoms with Crippen molar-refractivity contribution < 1.29 is 13.9 Å². The lowest BCUT2D eigenvalue weighted by Crippen LogP contribution is -2.41. The monoisotopic (exact) mass is 528 g/mol. The van der Waals surface area contributed by atoms with Crippen LogP contribution < -0.4 is 20.7 Å². The number of carbonyl (C=O) groups excluding carboxylic acids is 1. The van der Waals surface area contributed by atoms with Gasteiger partial charge >= 0.3 is 0 Å². The molecule has 30 heavy (non-hydrogen) atoms. The average Bonchev–Trinajstić information content (AvgIpc) is 2.73. The highest BCUT2D eigenvalue weighted by molar-refractivity contribution is 14.0. The van der Waals surface area contributed by atoms with Crippen molar-refractivity contribution in [2.24, 2.45) is 4.99 Å². The Kier molecular flexibility index (Phi) is 12.5. The summed E-state index contributed by atoms with van der Waals surface area (Å²) in [5.74, 6) is 1.16. The van der Waals surface area contributed by atoms with E-state index in [2.05, 4.69) is 20.9 Å². The summed E-state index contributed by atoms with van der Waals surface area (Å²) in [6, 6.07) is 13.8. The number of halogens is 2. The van der Waals surface area contributed by atoms with Crippen molar-refractivity contribution in [3.05, 3.63) is 65.5 Å². The minimum absolute atomic E-state index is 0. The standard InChI is InChI=1S/C22H29FN4O2.HI/c1-3-24-22(26-13-12-18-6-4-5-7-20(18)29-2)27-15-14-25-21(28)16-17-8-10-19(23)11-9-17;/h4-11H,3,12-16H2,1-2H3,(H,25,28)(H2,24,26,27);1H. The Morgan fingerprint density at radius 3 is 2.43 bits per heavy atom. The zero-order valence-corrected chi connectivity index (χ0v) is 19.7. The fourth-order valence-corrected chi connectivity index (χ4v) is 2.77. The zero-order valence-electron chi connectivity index (χ0n) is 17.4. The van der Waals surface area contributed by atoms with E-state index in [0.717, 1.165) is 29.8 Å². The summed E-state index contributed by atoms with van der Waals surface area (Å²) < 4.78 is 18.3. The summed E-state index contributed by atoms with van der Waals surface area (Å²) in [6.45, 7) is 4.39. The molecule has 0 unspecified atom stereocenters. The van der Waals surface area contributed by atoms with E-state index in [1.165, 1.54) is 12.1 Å². The van der Waals surface area contributed by atoms with Gasteiger partial charge in [0.1, 0.15) is 11.6 Å². The Hall–Kier alpha value is -2.36. The molecular formula is C22H30FIN4O2. The number of nitrogens with zero attached hydrogens (tertiary/aromatic N) is 1. The number of para-hydroxylation sites is 1. The van der Waals surface area contributed by atoms with Gasteiger partial charge in [-0.05, 0) is 42.7 Å². The van der Waals surface area contributed by atoms with Crippen molar-refractivity contribution in [2.75, 3.05) is 33.3 Å². The molecule has 0 aromatic heterocycles.